The van der Waals surface area contributed by atoms with Crippen molar-refractivity contribution in [3.05, 3.63) is 37.3 Å². The summed E-state index contributed by atoms with van der Waals surface area (Å²) in [5.41, 5.74) is 0.804. The van der Waals surface area contributed by atoms with Gasteiger partial charge in [0.15, 0.2) is 11.7 Å². The number of nitrogens with zero attached hydrogens (tertiary/aromatic N) is 5. The molecule has 7 nitrogen and oxygen atoms in total. The van der Waals surface area contributed by atoms with E-state index < -0.39 is 0 Å². The molecule has 1 N–H and O–H groups in total. The van der Waals surface area contributed by atoms with Gasteiger partial charge in [-0.25, -0.2) is 9.98 Å². The number of rotatable bonds is 9. The van der Waals surface area contributed by atoms with E-state index in [9.17, 15) is 0 Å². The Morgan fingerprint density at radius 3 is 3.04 bits per heavy atom. The Bertz CT molecular complexity index is 709. The fraction of sp³-hybridized carbons (Fsp3) is 0.444. The van der Waals surface area contributed by atoms with Gasteiger partial charge in [0.1, 0.15) is 17.8 Å². The summed E-state index contributed by atoms with van der Waals surface area (Å²) in [6.45, 7) is 8.39. The third kappa shape index (κ3) is 5.14. The van der Waals surface area contributed by atoms with Crippen molar-refractivity contribution >= 4 is 11.7 Å². The lowest BCUT2D eigenvalue weighted by molar-refractivity contribution is 0.277. The van der Waals surface area contributed by atoms with E-state index in [0.717, 1.165) is 42.5 Å². The summed E-state index contributed by atoms with van der Waals surface area (Å²) in [4.78, 5) is 8.64. The van der Waals surface area contributed by atoms with Crippen LogP contribution in [0.1, 0.15) is 39.2 Å². The van der Waals surface area contributed by atoms with Gasteiger partial charge in [-0.3, -0.25) is 0 Å². The Kier molecular flexibility index (Phi) is 7.13. The van der Waals surface area contributed by atoms with E-state index in [4.69, 9.17) is 4.74 Å². The average Bonchev–Trinajstić information content (AvgIpc) is 3.14. The van der Waals surface area contributed by atoms with Crippen LogP contribution in [0.25, 0.3) is 11.5 Å². The van der Waals surface area contributed by atoms with Gasteiger partial charge in [0.05, 0.1) is 6.61 Å². The van der Waals surface area contributed by atoms with Gasteiger partial charge in [0.2, 0.25) is 0 Å². The second-order valence-electron chi connectivity index (χ2n) is 5.62. The maximum absolute atomic E-state index is 5.66. The molecular weight excluding hydrogens is 316 g/mol. The van der Waals surface area contributed by atoms with E-state index in [1.165, 1.54) is 6.20 Å². The summed E-state index contributed by atoms with van der Waals surface area (Å²) in [5, 5.41) is 11.3. The van der Waals surface area contributed by atoms with Crippen molar-refractivity contribution in [2.45, 2.75) is 39.2 Å². The van der Waals surface area contributed by atoms with Crippen molar-refractivity contribution in [2.75, 3.05) is 19.0 Å². The van der Waals surface area contributed by atoms with Crippen LogP contribution in [-0.4, -0.2) is 39.3 Å². The van der Waals surface area contributed by atoms with Crippen LogP contribution in [0.2, 0.25) is 0 Å². The summed E-state index contributed by atoms with van der Waals surface area (Å²) in [6, 6.07) is 6.06. The maximum atomic E-state index is 5.66. The fourth-order valence-corrected chi connectivity index (χ4v) is 2.49. The van der Waals surface area contributed by atoms with E-state index >= 15 is 0 Å². The number of aliphatic imine (C=N–C) groups is 1. The summed E-state index contributed by atoms with van der Waals surface area (Å²) in [7, 11) is 1.85. The fourth-order valence-electron chi connectivity index (χ4n) is 2.49. The highest BCUT2D eigenvalue weighted by molar-refractivity contribution is 5.76. The van der Waals surface area contributed by atoms with Crippen molar-refractivity contribution in [1.29, 1.82) is 0 Å². The minimum atomic E-state index is 0.245. The first-order chi connectivity index (χ1) is 12.2. The lowest BCUT2D eigenvalue weighted by Crippen LogP contribution is -2.10. The molecule has 0 amide bonds. The lowest BCUT2D eigenvalue weighted by atomic mass is 10.2. The molecule has 25 heavy (non-hydrogen) atoms. The second-order valence-corrected chi connectivity index (χ2v) is 5.62. The zero-order valence-electron chi connectivity index (χ0n) is 15.1. The molecule has 2 rings (SSSR count). The quantitative estimate of drug-likeness (QED) is 0.427. The molecule has 0 aliphatic rings. The standard InChI is InChI=1S/C18H26N6O/c1-5-17(20-6-2)25-12-8-9-14(3)24-13-21-23-18(24)15-10-7-11-16(19-4)22-15/h6-7,10-11,13-14H,2,5,8-9,12H2,1,3-4H3,(H,19,22)/t14-/m0/s1. The Morgan fingerprint density at radius 1 is 1.48 bits per heavy atom. The normalized spacial score (nSPS) is 12.7. The molecule has 0 spiro atoms. The number of ether oxygens (including phenoxy) is 1. The van der Waals surface area contributed by atoms with Gasteiger partial charge in [0, 0.05) is 25.7 Å². The molecule has 0 unspecified atom stereocenters. The van der Waals surface area contributed by atoms with Crippen molar-refractivity contribution in [1.82, 2.24) is 19.7 Å². The molecule has 134 valence electrons. The predicted octanol–water partition coefficient (Wildman–Crippen LogP) is 3.69. The van der Waals surface area contributed by atoms with Crippen molar-refractivity contribution in [2.24, 2.45) is 4.99 Å². The molecule has 2 aromatic heterocycles. The van der Waals surface area contributed by atoms with Crippen LogP contribution in [0.5, 0.6) is 0 Å². The molecule has 0 aromatic carbocycles. The van der Waals surface area contributed by atoms with Crippen molar-refractivity contribution < 1.29 is 4.74 Å². The molecule has 1 atom stereocenters. The molecule has 0 saturated heterocycles. The van der Waals surface area contributed by atoms with Crippen molar-refractivity contribution in [3.63, 3.8) is 0 Å². The van der Waals surface area contributed by atoms with Crippen LogP contribution in [0.4, 0.5) is 5.82 Å². The number of anilines is 1. The van der Waals surface area contributed by atoms with Gasteiger partial charge in [-0.15, -0.1) is 10.2 Å². The van der Waals surface area contributed by atoms with Gasteiger partial charge in [-0.05, 0) is 31.9 Å². The number of hydrogen-bond donors (Lipinski definition) is 1. The van der Waals surface area contributed by atoms with E-state index in [-0.39, 0.29) is 6.04 Å². The van der Waals surface area contributed by atoms with Gasteiger partial charge < -0.3 is 14.6 Å². The van der Waals surface area contributed by atoms with Gasteiger partial charge in [0.25, 0.3) is 0 Å². The molecule has 0 aliphatic heterocycles. The third-order valence-electron chi connectivity index (χ3n) is 3.85. The van der Waals surface area contributed by atoms with E-state index in [1.54, 1.807) is 6.33 Å². The molecule has 2 heterocycles. The zero-order chi connectivity index (χ0) is 18.1. The molecule has 2 aromatic rings. The molecular formula is C18H26N6O. The van der Waals surface area contributed by atoms with Crippen LogP contribution in [0, 0.1) is 0 Å². The first kappa shape index (κ1) is 18.6. The predicted molar refractivity (Wildman–Crippen MR) is 101 cm³/mol. The molecule has 0 bridgehead atoms. The molecule has 0 saturated carbocycles. The number of aromatic nitrogens is 4. The summed E-state index contributed by atoms with van der Waals surface area (Å²) in [5.74, 6) is 2.30. The lowest BCUT2D eigenvalue weighted by Gasteiger charge is -2.15. The van der Waals surface area contributed by atoms with Crippen molar-refractivity contribution in [3.8, 4) is 11.5 Å². The summed E-state index contributed by atoms with van der Waals surface area (Å²) in [6.07, 6.45) is 5.90. The number of pyridine rings is 1. The number of hydrogen-bond acceptors (Lipinski definition) is 6. The highest BCUT2D eigenvalue weighted by Gasteiger charge is 2.14. The topological polar surface area (TPSA) is 77.2 Å². The van der Waals surface area contributed by atoms with Crippen LogP contribution < -0.4 is 5.32 Å². The van der Waals surface area contributed by atoms with Gasteiger partial charge >= 0.3 is 0 Å². The summed E-state index contributed by atoms with van der Waals surface area (Å²) < 4.78 is 7.72. The smallest absolute Gasteiger partial charge is 0.187 e. The Hall–Kier alpha value is -2.70. The van der Waals surface area contributed by atoms with E-state index in [1.807, 2.05) is 32.2 Å². The SMILES string of the molecule is C=CN=C(CC)OCCC[C@H](C)n1cnnc1-c1cccc(NC)n1. The largest absolute Gasteiger partial charge is 0.481 e. The molecule has 0 radical (unpaired) electrons. The maximum Gasteiger partial charge on any atom is 0.187 e. The van der Waals surface area contributed by atoms with Crippen LogP contribution in [-0.2, 0) is 4.74 Å². The highest BCUT2D eigenvalue weighted by atomic mass is 16.5. The molecule has 0 fully saturated rings. The monoisotopic (exact) mass is 342 g/mol. The Morgan fingerprint density at radius 2 is 2.32 bits per heavy atom. The van der Waals surface area contributed by atoms with Gasteiger partial charge in [-0.2, -0.15) is 0 Å². The molecule has 0 aliphatic carbocycles. The first-order valence-electron chi connectivity index (χ1n) is 8.54. The number of nitrogens with one attached hydrogen (secondary N) is 1. The first-order valence-corrected chi connectivity index (χ1v) is 8.54. The minimum Gasteiger partial charge on any atom is -0.481 e. The average molecular weight is 342 g/mol. The van der Waals surface area contributed by atoms with E-state index in [2.05, 4.69) is 43.6 Å². The minimum absolute atomic E-state index is 0.245. The zero-order valence-corrected chi connectivity index (χ0v) is 15.1. The Labute approximate surface area is 148 Å². The summed E-state index contributed by atoms with van der Waals surface area (Å²) >= 11 is 0. The highest BCUT2D eigenvalue weighted by Crippen LogP contribution is 2.22. The van der Waals surface area contributed by atoms with Gasteiger partial charge in [-0.1, -0.05) is 19.6 Å². The Balaban J connectivity index is 1.97. The van der Waals surface area contributed by atoms with Crippen LogP contribution >= 0.6 is 0 Å². The second kappa shape index (κ2) is 9.56. The van der Waals surface area contributed by atoms with Crippen LogP contribution in [0.3, 0.4) is 0 Å². The van der Waals surface area contributed by atoms with E-state index in [0.29, 0.717) is 6.61 Å². The van der Waals surface area contributed by atoms with Crippen LogP contribution in [0.15, 0.2) is 42.3 Å². The molecule has 7 heteroatoms. The third-order valence-corrected chi connectivity index (χ3v) is 3.85.